The molecule has 5 heteroatoms. The Morgan fingerprint density at radius 3 is 2.40 bits per heavy atom. The minimum atomic E-state index is -3.93. The van der Waals surface area contributed by atoms with E-state index in [-0.39, 0.29) is 12.8 Å². The standard InChI is InChI=1S/C5H10O4S/c1-5(3-2-4-6)10(7,8)9/h4-5H,2-3H2,1H3,(H,7,8,9). The summed E-state index contributed by atoms with van der Waals surface area (Å²) in [5.41, 5.74) is 0. The van der Waals surface area contributed by atoms with Crippen LogP contribution in [0.25, 0.3) is 0 Å². The van der Waals surface area contributed by atoms with Gasteiger partial charge in [0, 0.05) is 6.42 Å². The molecule has 0 heterocycles. The summed E-state index contributed by atoms with van der Waals surface area (Å²) < 4.78 is 28.9. The van der Waals surface area contributed by atoms with E-state index < -0.39 is 15.4 Å². The maximum absolute atomic E-state index is 10.3. The lowest BCUT2D eigenvalue weighted by Gasteiger charge is -2.03. The molecule has 1 unspecified atom stereocenters. The smallest absolute Gasteiger partial charge is 0.267 e. The molecule has 0 bridgehead atoms. The van der Waals surface area contributed by atoms with Crippen molar-refractivity contribution in [2.75, 3.05) is 0 Å². The first-order valence-electron chi connectivity index (χ1n) is 2.88. The van der Waals surface area contributed by atoms with Crippen LogP contribution in [0.5, 0.6) is 0 Å². The van der Waals surface area contributed by atoms with Crippen LogP contribution in [0.4, 0.5) is 0 Å². The molecule has 0 fully saturated rings. The number of hydrogen-bond donors (Lipinski definition) is 1. The summed E-state index contributed by atoms with van der Waals surface area (Å²) in [5, 5.41) is -0.835. The molecule has 0 saturated heterocycles. The zero-order valence-electron chi connectivity index (χ0n) is 5.65. The Morgan fingerprint density at radius 1 is 1.60 bits per heavy atom. The van der Waals surface area contributed by atoms with Crippen molar-refractivity contribution >= 4 is 16.4 Å². The quantitative estimate of drug-likeness (QED) is 0.479. The van der Waals surface area contributed by atoms with E-state index in [2.05, 4.69) is 0 Å². The predicted molar refractivity (Wildman–Crippen MR) is 36.3 cm³/mol. The fourth-order valence-electron chi connectivity index (χ4n) is 0.452. The Labute approximate surface area is 60.0 Å². The normalized spacial score (nSPS) is 14.6. The van der Waals surface area contributed by atoms with Crippen molar-refractivity contribution in [2.45, 2.75) is 25.0 Å². The lowest BCUT2D eigenvalue weighted by Crippen LogP contribution is -2.16. The third kappa shape index (κ3) is 3.58. The van der Waals surface area contributed by atoms with Gasteiger partial charge in [-0.2, -0.15) is 8.42 Å². The molecule has 0 amide bonds. The van der Waals surface area contributed by atoms with Crippen LogP contribution in [0, 0.1) is 0 Å². The van der Waals surface area contributed by atoms with Crippen molar-refractivity contribution in [3.63, 3.8) is 0 Å². The van der Waals surface area contributed by atoms with Gasteiger partial charge in [-0.05, 0) is 13.3 Å². The average Bonchev–Trinajstić information content (AvgIpc) is 1.80. The lowest BCUT2D eigenvalue weighted by atomic mass is 10.3. The number of carbonyl (C=O) groups is 1. The first kappa shape index (κ1) is 9.58. The molecule has 0 aliphatic carbocycles. The van der Waals surface area contributed by atoms with E-state index in [9.17, 15) is 13.2 Å². The summed E-state index contributed by atoms with van der Waals surface area (Å²) in [7, 11) is -3.93. The molecular formula is C5H10O4S. The van der Waals surface area contributed by atoms with Crippen molar-refractivity contribution in [1.29, 1.82) is 0 Å². The van der Waals surface area contributed by atoms with Crippen LogP contribution in [0.3, 0.4) is 0 Å². The Kier molecular flexibility index (Phi) is 3.52. The Morgan fingerprint density at radius 2 is 2.10 bits per heavy atom. The highest BCUT2D eigenvalue weighted by atomic mass is 32.2. The lowest BCUT2D eigenvalue weighted by molar-refractivity contribution is -0.107. The molecular weight excluding hydrogens is 156 g/mol. The molecule has 10 heavy (non-hydrogen) atoms. The summed E-state index contributed by atoms with van der Waals surface area (Å²) in [6.45, 7) is 1.36. The van der Waals surface area contributed by atoms with Crippen LogP contribution in [0.2, 0.25) is 0 Å². The molecule has 0 aliphatic heterocycles. The number of hydrogen-bond acceptors (Lipinski definition) is 3. The Hall–Kier alpha value is -0.420. The van der Waals surface area contributed by atoms with E-state index in [1.165, 1.54) is 6.92 Å². The van der Waals surface area contributed by atoms with Gasteiger partial charge in [-0.25, -0.2) is 0 Å². The Balaban J connectivity index is 3.86. The maximum Gasteiger partial charge on any atom is 0.267 e. The first-order valence-corrected chi connectivity index (χ1v) is 4.38. The van der Waals surface area contributed by atoms with Gasteiger partial charge in [-0.3, -0.25) is 4.55 Å². The molecule has 0 aliphatic rings. The minimum Gasteiger partial charge on any atom is -0.303 e. The molecule has 0 aromatic rings. The van der Waals surface area contributed by atoms with Crippen molar-refractivity contribution < 1.29 is 17.8 Å². The molecule has 4 nitrogen and oxygen atoms in total. The molecule has 60 valence electrons. The Bertz CT molecular complexity index is 194. The molecule has 0 spiro atoms. The molecule has 0 aromatic carbocycles. The van der Waals surface area contributed by atoms with Crippen LogP contribution >= 0.6 is 0 Å². The highest BCUT2D eigenvalue weighted by Crippen LogP contribution is 2.03. The fraction of sp³-hybridized carbons (Fsp3) is 0.800. The highest BCUT2D eigenvalue weighted by Gasteiger charge is 2.15. The van der Waals surface area contributed by atoms with Gasteiger partial charge in [0.25, 0.3) is 10.1 Å². The van der Waals surface area contributed by atoms with Gasteiger partial charge in [0.15, 0.2) is 0 Å². The minimum absolute atomic E-state index is 0.168. The molecule has 0 radical (unpaired) electrons. The maximum atomic E-state index is 10.3. The summed E-state index contributed by atoms with van der Waals surface area (Å²) in [5.74, 6) is 0. The third-order valence-corrected chi connectivity index (χ3v) is 2.45. The van der Waals surface area contributed by atoms with Crippen LogP contribution in [0.1, 0.15) is 19.8 Å². The van der Waals surface area contributed by atoms with E-state index >= 15 is 0 Å². The summed E-state index contributed by atoms with van der Waals surface area (Å²) in [6, 6.07) is 0. The van der Waals surface area contributed by atoms with Crippen LogP contribution in [-0.4, -0.2) is 24.5 Å². The zero-order valence-corrected chi connectivity index (χ0v) is 6.47. The monoisotopic (exact) mass is 166 g/mol. The second kappa shape index (κ2) is 3.68. The van der Waals surface area contributed by atoms with E-state index in [0.29, 0.717) is 6.29 Å². The highest BCUT2D eigenvalue weighted by molar-refractivity contribution is 7.86. The third-order valence-electron chi connectivity index (χ3n) is 1.20. The summed E-state index contributed by atoms with van der Waals surface area (Å²) in [6.07, 6.45) is 0.977. The largest absolute Gasteiger partial charge is 0.303 e. The van der Waals surface area contributed by atoms with Crippen molar-refractivity contribution in [3.05, 3.63) is 0 Å². The second-order valence-corrected chi connectivity index (χ2v) is 3.90. The summed E-state index contributed by atoms with van der Waals surface area (Å²) >= 11 is 0. The molecule has 0 aromatic heterocycles. The molecule has 0 saturated carbocycles. The van der Waals surface area contributed by atoms with Gasteiger partial charge in [0.1, 0.15) is 6.29 Å². The van der Waals surface area contributed by atoms with Gasteiger partial charge in [0.2, 0.25) is 0 Å². The predicted octanol–water partition coefficient (Wildman–Crippen LogP) is 0.242. The van der Waals surface area contributed by atoms with Crippen molar-refractivity contribution in [3.8, 4) is 0 Å². The zero-order chi connectivity index (χ0) is 8.20. The first-order chi connectivity index (χ1) is 4.48. The van der Waals surface area contributed by atoms with Crippen LogP contribution in [0.15, 0.2) is 0 Å². The van der Waals surface area contributed by atoms with Crippen molar-refractivity contribution in [1.82, 2.24) is 0 Å². The SMILES string of the molecule is CC(CCC=O)S(=O)(=O)O. The van der Waals surface area contributed by atoms with Crippen LogP contribution in [-0.2, 0) is 14.9 Å². The molecule has 1 N–H and O–H groups in total. The van der Waals surface area contributed by atoms with Gasteiger partial charge in [-0.1, -0.05) is 0 Å². The second-order valence-electron chi connectivity index (χ2n) is 2.07. The van der Waals surface area contributed by atoms with E-state index in [0.717, 1.165) is 0 Å². The fourth-order valence-corrected chi connectivity index (χ4v) is 0.886. The van der Waals surface area contributed by atoms with Gasteiger partial charge in [0.05, 0.1) is 5.25 Å². The molecule has 0 rings (SSSR count). The molecule has 1 atom stereocenters. The van der Waals surface area contributed by atoms with Gasteiger partial charge in [-0.15, -0.1) is 0 Å². The summed E-state index contributed by atoms with van der Waals surface area (Å²) in [4.78, 5) is 9.76. The van der Waals surface area contributed by atoms with Gasteiger partial charge >= 0.3 is 0 Å². The van der Waals surface area contributed by atoms with Crippen molar-refractivity contribution in [2.24, 2.45) is 0 Å². The van der Waals surface area contributed by atoms with E-state index in [1.54, 1.807) is 0 Å². The number of aldehydes is 1. The van der Waals surface area contributed by atoms with E-state index in [4.69, 9.17) is 4.55 Å². The van der Waals surface area contributed by atoms with Gasteiger partial charge < -0.3 is 4.79 Å². The number of rotatable bonds is 4. The van der Waals surface area contributed by atoms with Crippen LogP contribution < -0.4 is 0 Å². The average molecular weight is 166 g/mol. The topological polar surface area (TPSA) is 71.4 Å². The number of carbonyl (C=O) groups excluding carboxylic acids is 1. The van der Waals surface area contributed by atoms with E-state index in [1.807, 2.05) is 0 Å².